The maximum absolute atomic E-state index is 11.6. The largest absolute Gasteiger partial charge is 0.359 e. The predicted octanol–water partition coefficient (Wildman–Crippen LogP) is 1.50. The van der Waals surface area contributed by atoms with Gasteiger partial charge in [-0.25, -0.2) is 0 Å². The topological polar surface area (TPSA) is 84.3 Å². The molecule has 0 unspecified atom stereocenters. The summed E-state index contributed by atoms with van der Waals surface area (Å²) in [5.41, 5.74) is 0.333. The van der Waals surface area contributed by atoms with Crippen molar-refractivity contribution in [2.24, 2.45) is 5.41 Å². The predicted molar refractivity (Wildman–Crippen MR) is 77.5 cm³/mol. The molecular weight excluding hydrogens is 258 g/mol. The average Bonchev–Trinajstić information content (AvgIpc) is 2.42. The van der Waals surface area contributed by atoms with E-state index in [1.807, 2.05) is 13.8 Å². The van der Waals surface area contributed by atoms with E-state index < -0.39 is 5.41 Å². The fourth-order valence-corrected chi connectivity index (χ4v) is 1.94. The standard InChI is InChI=1S/C14H21N3O3/c1-14(2,13(18)15-3)10-16-9-8-11-6-4-5-7-12(11)17(19)20/h4-7,16H,8-10H2,1-3H3,(H,15,18). The maximum atomic E-state index is 11.6. The first-order valence-corrected chi connectivity index (χ1v) is 6.53. The molecule has 0 radical (unpaired) electrons. The molecule has 6 heteroatoms. The van der Waals surface area contributed by atoms with Crippen LogP contribution in [0, 0.1) is 15.5 Å². The molecule has 0 saturated carbocycles. The first kappa shape index (κ1) is 16.1. The van der Waals surface area contributed by atoms with E-state index in [1.165, 1.54) is 6.07 Å². The van der Waals surface area contributed by atoms with Gasteiger partial charge in [0.05, 0.1) is 10.3 Å². The normalized spacial score (nSPS) is 11.2. The molecule has 0 saturated heterocycles. The minimum absolute atomic E-state index is 0.0318. The van der Waals surface area contributed by atoms with E-state index in [4.69, 9.17) is 0 Å². The van der Waals surface area contributed by atoms with Gasteiger partial charge in [0.1, 0.15) is 0 Å². The van der Waals surface area contributed by atoms with Gasteiger partial charge >= 0.3 is 0 Å². The van der Waals surface area contributed by atoms with E-state index in [1.54, 1.807) is 25.2 Å². The van der Waals surface area contributed by atoms with Crippen molar-refractivity contribution >= 4 is 11.6 Å². The van der Waals surface area contributed by atoms with Crippen molar-refractivity contribution in [1.82, 2.24) is 10.6 Å². The third-order valence-electron chi connectivity index (χ3n) is 3.17. The Morgan fingerprint density at radius 2 is 2.00 bits per heavy atom. The van der Waals surface area contributed by atoms with Crippen molar-refractivity contribution in [1.29, 1.82) is 0 Å². The Morgan fingerprint density at radius 3 is 2.60 bits per heavy atom. The molecule has 1 rings (SSSR count). The van der Waals surface area contributed by atoms with Gasteiger partial charge in [0.25, 0.3) is 5.69 Å². The lowest BCUT2D eigenvalue weighted by molar-refractivity contribution is -0.385. The van der Waals surface area contributed by atoms with E-state index >= 15 is 0 Å². The van der Waals surface area contributed by atoms with Crippen LogP contribution in [0.1, 0.15) is 19.4 Å². The molecule has 0 spiro atoms. The number of nitrogens with one attached hydrogen (secondary N) is 2. The van der Waals surface area contributed by atoms with Crippen LogP contribution in [0.4, 0.5) is 5.69 Å². The molecule has 1 amide bonds. The van der Waals surface area contributed by atoms with Crippen LogP contribution in [-0.2, 0) is 11.2 Å². The number of carbonyl (C=O) groups excluding carboxylic acids is 1. The van der Waals surface area contributed by atoms with Crippen LogP contribution in [0.15, 0.2) is 24.3 Å². The van der Waals surface area contributed by atoms with Crippen LogP contribution in [0.5, 0.6) is 0 Å². The summed E-state index contributed by atoms with van der Waals surface area (Å²) in [6, 6.07) is 6.70. The lowest BCUT2D eigenvalue weighted by Crippen LogP contribution is -2.42. The molecule has 110 valence electrons. The summed E-state index contributed by atoms with van der Waals surface area (Å²) in [7, 11) is 1.61. The number of benzene rings is 1. The van der Waals surface area contributed by atoms with Crippen LogP contribution in [0.3, 0.4) is 0 Å². The van der Waals surface area contributed by atoms with Gasteiger partial charge < -0.3 is 10.6 Å². The van der Waals surface area contributed by atoms with E-state index in [0.717, 1.165) is 0 Å². The Balaban J connectivity index is 2.50. The van der Waals surface area contributed by atoms with Gasteiger partial charge in [-0.1, -0.05) is 18.2 Å². The van der Waals surface area contributed by atoms with Crippen molar-refractivity contribution < 1.29 is 9.72 Å². The van der Waals surface area contributed by atoms with Crippen molar-refractivity contribution in [2.75, 3.05) is 20.1 Å². The number of nitro benzene ring substituents is 1. The molecule has 2 N–H and O–H groups in total. The Kier molecular flexibility index (Phi) is 5.64. The molecule has 0 aliphatic carbocycles. The summed E-state index contributed by atoms with van der Waals surface area (Å²) in [6.07, 6.45) is 0.557. The van der Waals surface area contributed by atoms with Gasteiger partial charge in [0.2, 0.25) is 5.91 Å². The summed E-state index contributed by atoms with van der Waals surface area (Å²) < 4.78 is 0. The van der Waals surface area contributed by atoms with E-state index in [-0.39, 0.29) is 16.5 Å². The Bertz CT molecular complexity index is 486. The molecular formula is C14H21N3O3. The summed E-state index contributed by atoms with van der Waals surface area (Å²) in [5.74, 6) is -0.0318. The van der Waals surface area contributed by atoms with Crippen LogP contribution < -0.4 is 10.6 Å². The van der Waals surface area contributed by atoms with Crippen LogP contribution >= 0.6 is 0 Å². The highest BCUT2D eigenvalue weighted by atomic mass is 16.6. The van der Waals surface area contributed by atoms with Crippen molar-refractivity contribution in [3.63, 3.8) is 0 Å². The molecule has 0 aliphatic heterocycles. The van der Waals surface area contributed by atoms with Crippen molar-refractivity contribution in [2.45, 2.75) is 20.3 Å². The molecule has 0 bridgehead atoms. The first-order valence-electron chi connectivity index (χ1n) is 6.53. The molecule has 1 aromatic rings. The summed E-state index contributed by atoms with van der Waals surface area (Å²) in [5, 5.41) is 16.7. The zero-order chi connectivity index (χ0) is 15.2. The second kappa shape index (κ2) is 7.00. The van der Waals surface area contributed by atoms with Gasteiger partial charge in [-0.2, -0.15) is 0 Å². The number of nitro groups is 1. The van der Waals surface area contributed by atoms with Gasteiger partial charge in [0, 0.05) is 25.2 Å². The fraction of sp³-hybridized carbons (Fsp3) is 0.500. The average molecular weight is 279 g/mol. The number of hydrogen-bond donors (Lipinski definition) is 2. The highest BCUT2D eigenvalue weighted by molar-refractivity contribution is 5.81. The number of rotatable bonds is 7. The lowest BCUT2D eigenvalue weighted by Gasteiger charge is -2.22. The SMILES string of the molecule is CNC(=O)C(C)(C)CNCCc1ccccc1[N+](=O)[O-]. The number of nitrogens with zero attached hydrogens (tertiary/aromatic N) is 1. The zero-order valence-electron chi connectivity index (χ0n) is 12.1. The summed E-state index contributed by atoms with van der Waals surface area (Å²) >= 11 is 0. The van der Waals surface area contributed by atoms with Gasteiger partial charge in [-0.05, 0) is 26.8 Å². The van der Waals surface area contributed by atoms with E-state index in [0.29, 0.717) is 25.1 Å². The lowest BCUT2D eigenvalue weighted by atomic mass is 9.92. The third kappa shape index (κ3) is 4.31. The van der Waals surface area contributed by atoms with Gasteiger partial charge in [0.15, 0.2) is 0 Å². The monoisotopic (exact) mass is 279 g/mol. The maximum Gasteiger partial charge on any atom is 0.272 e. The van der Waals surface area contributed by atoms with Crippen molar-refractivity contribution in [3.05, 3.63) is 39.9 Å². The second-order valence-corrected chi connectivity index (χ2v) is 5.28. The second-order valence-electron chi connectivity index (χ2n) is 5.28. The molecule has 20 heavy (non-hydrogen) atoms. The quantitative estimate of drug-likeness (QED) is 0.450. The van der Waals surface area contributed by atoms with Crippen LogP contribution in [0.2, 0.25) is 0 Å². The molecule has 0 heterocycles. The number of carbonyl (C=O) groups is 1. The Hall–Kier alpha value is -1.95. The minimum atomic E-state index is -0.503. The molecule has 0 aromatic heterocycles. The van der Waals surface area contributed by atoms with Crippen LogP contribution in [0.25, 0.3) is 0 Å². The third-order valence-corrected chi connectivity index (χ3v) is 3.17. The highest BCUT2D eigenvalue weighted by Crippen LogP contribution is 2.18. The Labute approximate surface area is 118 Å². The fourth-order valence-electron chi connectivity index (χ4n) is 1.94. The zero-order valence-corrected chi connectivity index (χ0v) is 12.1. The van der Waals surface area contributed by atoms with E-state index in [2.05, 4.69) is 10.6 Å². The van der Waals surface area contributed by atoms with Gasteiger partial charge in [-0.3, -0.25) is 14.9 Å². The number of hydrogen-bond acceptors (Lipinski definition) is 4. The number of amides is 1. The highest BCUT2D eigenvalue weighted by Gasteiger charge is 2.25. The summed E-state index contributed by atoms with van der Waals surface area (Å²) in [6.45, 7) is 4.81. The number of para-hydroxylation sites is 1. The Morgan fingerprint density at radius 1 is 1.35 bits per heavy atom. The minimum Gasteiger partial charge on any atom is -0.359 e. The van der Waals surface area contributed by atoms with E-state index in [9.17, 15) is 14.9 Å². The molecule has 6 nitrogen and oxygen atoms in total. The smallest absolute Gasteiger partial charge is 0.272 e. The summed E-state index contributed by atoms with van der Waals surface area (Å²) in [4.78, 5) is 22.1. The van der Waals surface area contributed by atoms with Crippen LogP contribution in [-0.4, -0.2) is 31.0 Å². The van der Waals surface area contributed by atoms with Crippen molar-refractivity contribution in [3.8, 4) is 0 Å². The molecule has 0 aliphatic rings. The first-order chi connectivity index (χ1) is 9.38. The molecule has 1 aromatic carbocycles. The van der Waals surface area contributed by atoms with Gasteiger partial charge in [-0.15, -0.1) is 0 Å². The molecule has 0 atom stereocenters. The molecule has 0 fully saturated rings.